The minimum atomic E-state index is 0.218. The lowest BCUT2D eigenvalue weighted by molar-refractivity contribution is -0.123. The molecule has 1 saturated heterocycles. The minimum Gasteiger partial charge on any atom is -0.352 e. The normalized spacial score (nSPS) is 20.5. The number of carbonyl (C=O) groups is 1. The molecule has 26 heavy (non-hydrogen) atoms. The molecule has 2 aromatic rings. The highest BCUT2D eigenvalue weighted by Crippen LogP contribution is 2.22. The maximum atomic E-state index is 12.3. The molecule has 1 aromatic heterocycles. The van der Waals surface area contributed by atoms with Crippen LogP contribution in [0.2, 0.25) is 0 Å². The monoisotopic (exact) mass is 354 g/mol. The molecule has 140 valence electrons. The topological polar surface area (TPSA) is 50.2 Å². The summed E-state index contributed by atoms with van der Waals surface area (Å²) in [5, 5.41) is 3.24. The van der Waals surface area contributed by atoms with E-state index in [1.54, 1.807) is 0 Å². The highest BCUT2D eigenvalue weighted by molar-refractivity contribution is 5.78. The number of hydrogen-bond donors (Lipinski definition) is 1. The van der Waals surface area contributed by atoms with Crippen molar-refractivity contribution in [1.82, 2.24) is 19.8 Å². The Kier molecular flexibility index (Phi) is 5.54. The molecule has 1 saturated carbocycles. The number of aromatic nitrogens is 2. The first kappa shape index (κ1) is 17.5. The summed E-state index contributed by atoms with van der Waals surface area (Å²) in [5.74, 6) is 0.890. The minimum absolute atomic E-state index is 0.218. The zero-order valence-electron chi connectivity index (χ0n) is 15.6. The van der Waals surface area contributed by atoms with Crippen molar-refractivity contribution >= 4 is 16.9 Å². The van der Waals surface area contributed by atoms with Gasteiger partial charge in [-0.3, -0.25) is 9.69 Å². The zero-order valence-corrected chi connectivity index (χ0v) is 15.6. The average Bonchev–Trinajstić information content (AvgIpc) is 3.07. The lowest BCUT2D eigenvalue weighted by Crippen LogP contribution is -2.45. The van der Waals surface area contributed by atoms with E-state index in [1.165, 1.54) is 24.8 Å². The molecule has 1 aliphatic carbocycles. The summed E-state index contributed by atoms with van der Waals surface area (Å²) in [6, 6.07) is 8.75. The van der Waals surface area contributed by atoms with Gasteiger partial charge in [-0.05, 0) is 56.8 Å². The van der Waals surface area contributed by atoms with Gasteiger partial charge in [0.1, 0.15) is 0 Å². The van der Waals surface area contributed by atoms with Gasteiger partial charge in [0.25, 0.3) is 0 Å². The van der Waals surface area contributed by atoms with E-state index in [0.29, 0.717) is 18.5 Å². The lowest BCUT2D eigenvalue weighted by Gasteiger charge is -2.32. The standard InChI is InChI=1S/C21H30N4O/c26-21(23-18-6-2-1-3-7-18)15-24-12-10-17(11-13-24)14-25-16-22-19-8-4-5-9-20(19)25/h4-5,8-9,16-18H,1-3,6-7,10-15H2,(H,23,26). The van der Waals surface area contributed by atoms with Gasteiger partial charge in [-0.15, -0.1) is 0 Å². The molecule has 2 fully saturated rings. The van der Waals surface area contributed by atoms with E-state index < -0.39 is 0 Å². The van der Waals surface area contributed by atoms with Gasteiger partial charge in [0.2, 0.25) is 5.91 Å². The largest absolute Gasteiger partial charge is 0.352 e. The molecule has 1 aliphatic heterocycles. The van der Waals surface area contributed by atoms with Crippen LogP contribution in [0.4, 0.5) is 0 Å². The van der Waals surface area contributed by atoms with Gasteiger partial charge in [-0.2, -0.15) is 0 Å². The summed E-state index contributed by atoms with van der Waals surface area (Å²) in [7, 11) is 0. The highest BCUT2D eigenvalue weighted by Gasteiger charge is 2.23. The van der Waals surface area contributed by atoms with Gasteiger partial charge in [-0.25, -0.2) is 4.98 Å². The molecule has 0 atom stereocenters. The maximum Gasteiger partial charge on any atom is 0.234 e. The molecular formula is C21H30N4O. The molecule has 2 heterocycles. The maximum absolute atomic E-state index is 12.3. The molecule has 0 radical (unpaired) electrons. The van der Waals surface area contributed by atoms with E-state index in [2.05, 4.69) is 38.0 Å². The number of benzene rings is 1. The van der Waals surface area contributed by atoms with Crippen molar-refractivity contribution in [3.8, 4) is 0 Å². The van der Waals surface area contributed by atoms with Crippen molar-refractivity contribution in [2.75, 3.05) is 19.6 Å². The molecule has 0 bridgehead atoms. The van der Waals surface area contributed by atoms with Gasteiger partial charge in [0, 0.05) is 12.6 Å². The second-order valence-corrected chi connectivity index (χ2v) is 8.01. The van der Waals surface area contributed by atoms with Crippen LogP contribution in [0.25, 0.3) is 11.0 Å². The van der Waals surface area contributed by atoms with Crippen molar-refractivity contribution in [2.24, 2.45) is 5.92 Å². The molecule has 0 spiro atoms. The number of para-hydroxylation sites is 2. The SMILES string of the molecule is O=C(CN1CCC(Cn2cnc3ccccc32)CC1)NC1CCCCC1. The van der Waals surface area contributed by atoms with E-state index in [9.17, 15) is 4.79 Å². The van der Waals surface area contributed by atoms with Gasteiger partial charge >= 0.3 is 0 Å². The Morgan fingerprint density at radius 1 is 1.08 bits per heavy atom. The van der Waals surface area contributed by atoms with Crippen LogP contribution < -0.4 is 5.32 Å². The molecule has 4 rings (SSSR count). The Hall–Kier alpha value is -1.88. The van der Waals surface area contributed by atoms with E-state index >= 15 is 0 Å². The Bertz CT molecular complexity index is 726. The van der Waals surface area contributed by atoms with E-state index in [-0.39, 0.29) is 5.91 Å². The quantitative estimate of drug-likeness (QED) is 0.897. The predicted octanol–water partition coefficient (Wildman–Crippen LogP) is 3.20. The third-order valence-corrected chi connectivity index (χ3v) is 6.03. The number of fused-ring (bicyclic) bond motifs is 1. The number of carbonyl (C=O) groups excluding carboxylic acids is 1. The van der Waals surface area contributed by atoms with Gasteiger partial charge < -0.3 is 9.88 Å². The van der Waals surface area contributed by atoms with Crippen molar-refractivity contribution in [1.29, 1.82) is 0 Å². The smallest absolute Gasteiger partial charge is 0.234 e. The van der Waals surface area contributed by atoms with E-state index in [0.717, 1.165) is 50.8 Å². The fourth-order valence-corrected chi connectivity index (χ4v) is 4.48. The van der Waals surface area contributed by atoms with Crippen LogP contribution in [-0.4, -0.2) is 46.0 Å². The summed E-state index contributed by atoms with van der Waals surface area (Å²) >= 11 is 0. The van der Waals surface area contributed by atoms with Crippen LogP contribution in [0, 0.1) is 5.92 Å². The van der Waals surface area contributed by atoms with Crippen molar-refractivity contribution in [3.63, 3.8) is 0 Å². The highest BCUT2D eigenvalue weighted by atomic mass is 16.2. The number of nitrogens with zero attached hydrogens (tertiary/aromatic N) is 3. The fraction of sp³-hybridized carbons (Fsp3) is 0.619. The third kappa shape index (κ3) is 4.26. The van der Waals surface area contributed by atoms with Crippen LogP contribution in [0.3, 0.4) is 0 Å². The third-order valence-electron chi connectivity index (χ3n) is 6.03. The number of nitrogens with one attached hydrogen (secondary N) is 1. The van der Waals surface area contributed by atoms with Gasteiger partial charge in [0.15, 0.2) is 0 Å². The fourth-order valence-electron chi connectivity index (χ4n) is 4.48. The molecular weight excluding hydrogens is 324 g/mol. The second-order valence-electron chi connectivity index (χ2n) is 8.01. The predicted molar refractivity (Wildman–Crippen MR) is 104 cm³/mol. The van der Waals surface area contributed by atoms with Crippen molar-refractivity contribution in [2.45, 2.75) is 57.5 Å². The van der Waals surface area contributed by atoms with Gasteiger partial charge in [0.05, 0.1) is 23.9 Å². The van der Waals surface area contributed by atoms with Crippen molar-refractivity contribution < 1.29 is 4.79 Å². The summed E-state index contributed by atoms with van der Waals surface area (Å²) in [4.78, 5) is 19.1. The van der Waals surface area contributed by atoms with Crippen molar-refractivity contribution in [3.05, 3.63) is 30.6 Å². The van der Waals surface area contributed by atoms with Crippen LogP contribution in [0.15, 0.2) is 30.6 Å². The number of likely N-dealkylation sites (tertiary alicyclic amines) is 1. The molecule has 1 amide bonds. The Balaban J connectivity index is 1.23. The Morgan fingerprint density at radius 3 is 2.65 bits per heavy atom. The summed E-state index contributed by atoms with van der Waals surface area (Å²) in [6.07, 6.45) is 10.4. The molecule has 5 heteroatoms. The number of imidazole rings is 1. The number of amides is 1. The first-order valence-electron chi connectivity index (χ1n) is 10.2. The van der Waals surface area contributed by atoms with Crippen LogP contribution in [0.5, 0.6) is 0 Å². The second kappa shape index (κ2) is 8.21. The Morgan fingerprint density at radius 2 is 1.85 bits per heavy atom. The van der Waals surface area contributed by atoms with E-state index in [1.807, 2.05) is 12.4 Å². The summed E-state index contributed by atoms with van der Waals surface area (Å²) < 4.78 is 2.28. The average molecular weight is 354 g/mol. The van der Waals surface area contributed by atoms with Crippen LogP contribution in [-0.2, 0) is 11.3 Å². The molecule has 2 aliphatic rings. The van der Waals surface area contributed by atoms with Crippen LogP contribution >= 0.6 is 0 Å². The molecule has 1 aromatic carbocycles. The first-order valence-corrected chi connectivity index (χ1v) is 10.2. The Labute approximate surface area is 155 Å². The number of rotatable bonds is 5. The lowest BCUT2D eigenvalue weighted by atomic mass is 9.95. The summed E-state index contributed by atoms with van der Waals surface area (Å²) in [6.45, 7) is 3.64. The first-order chi connectivity index (χ1) is 12.8. The van der Waals surface area contributed by atoms with Crippen LogP contribution in [0.1, 0.15) is 44.9 Å². The van der Waals surface area contributed by atoms with E-state index in [4.69, 9.17) is 0 Å². The summed E-state index contributed by atoms with van der Waals surface area (Å²) in [5.41, 5.74) is 2.30. The molecule has 1 N–H and O–H groups in total. The number of piperidine rings is 1. The number of hydrogen-bond acceptors (Lipinski definition) is 3. The molecule has 0 unspecified atom stereocenters. The zero-order chi connectivity index (χ0) is 17.8. The molecule has 5 nitrogen and oxygen atoms in total. The van der Waals surface area contributed by atoms with Gasteiger partial charge in [-0.1, -0.05) is 31.4 Å².